The van der Waals surface area contributed by atoms with E-state index in [9.17, 15) is 9.59 Å². The van der Waals surface area contributed by atoms with Crippen molar-refractivity contribution in [2.24, 2.45) is 5.92 Å². The first-order valence-corrected chi connectivity index (χ1v) is 12.0. The second-order valence-corrected chi connectivity index (χ2v) is 9.42. The molecule has 2 aliphatic heterocycles. The lowest BCUT2D eigenvalue weighted by Crippen LogP contribution is -2.56. The monoisotopic (exact) mass is 468 g/mol. The molecular formula is C26H32N2O6. The van der Waals surface area contributed by atoms with Crippen LogP contribution in [0, 0.1) is 12.8 Å². The second-order valence-electron chi connectivity index (χ2n) is 9.42. The van der Waals surface area contributed by atoms with Crippen LogP contribution in [-0.4, -0.2) is 68.1 Å². The third kappa shape index (κ3) is 4.44. The van der Waals surface area contributed by atoms with Gasteiger partial charge in [-0.05, 0) is 49.9 Å². The lowest BCUT2D eigenvalue weighted by atomic mass is 9.94. The van der Waals surface area contributed by atoms with Gasteiger partial charge in [0.25, 0.3) is 0 Å². The van der Waals surface area contributed by atoms with Crippen LogP contribution in [0.3, 0.4) is 0 Å². The number of benzene rings is 1. The minimum Gasteiger partial charge on any atom is -0.487 e. The number of fused-ring (bicyclic) bond motifs is 3. The van der Waals surface area contributed by atoms with E-state index in [-0.39, 0.29) is 29.5 Å². The molecule has 1 aromatic heterocycles. The molecule has 3 aliphatic rings. The predicted molar refractivity (Wildman–Crippen MR) is 126 cm³/mol. The van der Waals surface area contributed by atoms with Crippen molar-refractivity contribution in [3.8, 4) is 22.9 Å². The molecule has 2 aromatic rings. The smallest absolute Gasteiger partial charge is 0.225 e. The maximum atomic E-state index is 12.8. The Balaban J connectivity index is 1.33. The minimum atomic E-state index is -0.213. The van der Waals surface area contributed by atoms with Crippen molar-refractivity contribution in [1.29, 1.82) is 0 Å². The highest BCUT2D eigenvalue weighted by molar-refractivity contribution is 5.81. The molecular weight excluding hydrogens is 436 g/mol. The molecule has 1 saturated carbocycles. The number of pyridine rings is 1. The van der Waals surface area contributed by atoms with E-state index in [4.69, 9.17) is 18.9 Å². The topological polar surface area (TPSA) is 79.2 Å². The van der Waals surface area contributed by atoms with Crippen LogP contribution in [0.25, 0.3) is 11.3 Å². The molecule has 1 amide bonds. The summed E-state index contributed by atoms with van der Waals surface area (Å²) in [6, 6.07) is 7.62. The van der Waals surface area contributed by atoms with Crippen molar-refractivity contribution in [3.05, 3.63) is 45.6 Å². The number of hydrogen-bond acceptors (Lipinski definition) is 6. The number of methoxy groups -OCH3 is 2. The summed E-state index contributed by atoms with van der Waals surface area (Å²) in [6.45, 7) is 4.61. The van der Waals surface area contributed by atoms with Gasteiger partial charge in [-0.2, -0.15) is 0 Å². The molecule has 0 bridgehead atoms. The first kappa shape index (κ1) is 22.9. The summed E-state index contributed by atoms with van der Waals surface area (Å²) < 4.78 is 24.8. The molecule has 8 nitrogen and oxygen atoms in total. The van der Waals surface area contributed by atoms with Crippen molar-refractivity contribution in [3.63, 3.8) is 0 Å². The Morgan fingerprint density at radius 3 is 2.65 bits per heavy atom. The van der Waals surface area contributed by atoms with Gasteiger partial charge in [0.05, 0.1) is 25.4 Å². The first-order valence-electron chi connectivity index (χ1n) is 12.0. The van der Waals surface area contributed by atoms with Crippen LogP contribution in [0.5, 0.6) is 11.6 Å². The minimum absolute atomic E-state index is 0.0433. The second kappa shape index (κ2) is 9.43. The van der Waals surface area contributed by atoms with Crippen molar-refractivity contribution >= 4 is 5.91 Å². The summed E-state index contributed by atoms with van der Waals surface area (Å²) >= 11 is 0. The third-order valence-corrected chi connectivity index (χ3v) is 6.94. The molecule has 0 spiro atoms. The van der Waals surface area contributed by atoms with E-state index in [1.807, 2.05) is 24.0 Å². The van der Waals surface area contributed by atoms with Gasteiger partial charge in [-0.25, -0.2) is 0 Å². The third-order valence-electron chi connectivity index (χ3n) is 6.94. The number of likely N-dealkylation sites (tertiary alicyclic amines) is 1. The average Bonchev–Trinajstić information content (AvgIpc) is 3.66. The molecule has 1 saturated heterocycles. The van der Waals surface area contributed by atoms with Crippen LogP contribution in [-0.2, 0) is 27.2 Å². The fourth-order valence-electron chi connectivity index (χ4n) is 4.75. The Morgan fingerprint density at radius 1 is 1.15 bits per heavy atom. The zero-order valence-corrected chi connectivity index (χ0v) is 20.0. The largest absolute Gasteiger partial charge is 0.487 e. The molecule has 0 radical (unpaired) electrons. The summed E-state index contributed by atoms with van der Waals surface area (Å²) in [4.78, 5) is 26.8. The van der Waals surface area contributed by atoms with Crippen LogP contribution >= 0.6 is 0 Å². The van der Waals surface area contributed by atoms with Gasteiger partial charge in [0, 0.05) is 43.9 Å². The average molecular weight is 469 g/mol. The molecule has 5 rings (SSSR count). The maximum absolute atomic E-state index is 12.8. The summed E-state index contributed by atoms with van der Waals surface area (Å²) in [5, 5.41) is 0. The van der Waals surface area contributed by atoms with Gasteiger partial charge in [-0.15, -0.1) is 0 Å². The quantitative estimate of drug-likeness (QED) is 0.563. The molecule has 34 heavy (non-hydrogen) atoms. The Kier molecular flexibility index (Phi) is 6.36. The number of rotatable bonds is 9. The molecule has 8 heteroatoms. The Labute approximate surface area is 199 Å². The number of aryl methyl sites for hydroxylation is 1. The summed E-state index contributed by atoms with van der Waals surface area (Å²) in [7, 11) is 3.24. The van der Waals surface area contributed by atoms with E-state index in [1.54, 1.807) is 20.3 Å². The molecule has 0 unspecified atom stereocenters. The number of aromatic nitrogens is 1. The first-order chi connectivity index (χ1) is 16.5. The van der Waals surface area contributed by atoms with Gasteiger partial charge in [0.1, 0.15) is 24.6 Å². The lowest BCUT2D eigenvalue weighted by molar-refractivity contribution is -0.141. The van der Waals surface area contributed by atoms with Crippen LogP contribution in [0.2, 0.25) is 0 Å². The standard InChI is InChI=1S/C26H32N2O6/c1-16-23(29)11-24(33-15-21(32-3)14-31-2)28-9-8-18-10-19(6-7-22(18)25(16)28)34-20-12-27(13-20)26(30)17-4-5-17/h6-7,10-11,17,20-21H,4-5,8-9,12-15H2,1-3H3/t21-/m0/s1. The molecule has 2 fully saturated rings. The summed E-state index contributed by atoms with van der Waals surface area (Å²) in [6.07, 6.45) is 2.70. The van der Waals surface area contributed by atoms with Crippen molar-refractivity contribution in [1.82, 2.24) is 9.47 Å². The zero-order chi connectivity index (χ0) is 23.8. The van der Waals surface area contributed by atoms with Crippen LogP contribution in [0.15, 0.2) is 29.1 Å². The normalized spacial score (nSPS) is 18.0. The predicted octanol–water partition coefficient (Wildman–Crippen LogP) is 2.42. The van der Waals surface area contributed by atoms with E-state index in [0.29, 0.717) is 44.3 Å². The Hall–Kier alpha value is -2.84. The van der Waals surface area contributed by atoms with Crippen molar-refractivity contribution < 1.29 is 23.7 Å². The number of ether oxygens (including phenoxy) is 4. The lowest BCUT2D eigenvalue weighted by Gasteiger charge is -2.39. The molecule has 3 heterocycles. The SMILES string of the molecule is COC[C@@H](COc1cc(=O)c(C)c2n1CCc1cc(OC3CN(C(=O)C4CC4)C3)ccc1-2)OC. The fraction of sp³-hybridized carbons (Fsp3) is 0.538. The van der Waals surface area contributed by atoms with Crippen LogP contribution in [0.4, 0.5) is 0 Å². The van der Waals surface area contributed by atoms with Crippen LogP contribution in [0.1, 0.15) is 24.0 Å². The van der Waals surface area contributed by atoms with Crippen molar-refractivity contribution in [2.45, 2.75) is 44.9 Å². The van der Waals surface area contributed by atoms with E-state index in [2.05, 4.69) is 10.6 Å². The van der Waals surface area contributed by atoms with Gasteiger partial charge in [-0.1, -0.05) is 0 Å². The van der Waals surface area contributed by atoms with Gasteiger partial charge in [-0.3, -0.25) is 9.59 Å². The fourth-order valence-corrected chi connectivity index (χ4v) is 4.75. The molecule has 1 atom stereocenters. The Morgan fingerprint density at radius 2 is 1.94 bits per heavy atom. The van der Waals surface area contributed by atoms with Gasteiger partial charge >= 0.3 is 0 Å². The highest BCUT2D eigenvalue weighted by Gasteiger charge is 2.40. The maximum Gasteiger partial charge on any atom is 0.225 e. The number of hydrogen-bond donors (Lipinski definition) is 0. The van der Waals surface area contributed by atoms with E-state index < -0.39 is 0 Å². The number of carbonyl (C=O) groups is 1. The van der Waals surface area contributed by atoms with E-state index >= 15 is 0 Å². The van der Waals surface area contributed by atoms with Gasteiger partial charge in [0.15, 0.2) is 11.3 Å². The van der Waals surface area contributed by atoms with Gasteiger partial charge in [0.2, 0.25) is 5.91 Å². The number of amides is 1. The van der Waals surface area contributed by atoms with E-state index in [0.717, 1.165) is 41.8 Å². The zero-order valence-electron chi connectivity index (χ0n) is 20.0. The highest BCUT2D eigenvalue weighted by Crippen LogP contribution is 2.37. The number of carbonyl (C=O) groups excluding carboxylic acids is 1. The van der Waals surface area contributed by atoms with Crippen LogP contribution < -0.4 is 14.9 Å². The molecule has 0 N–H and O–H groups in total. The van der Waals surface area contributed by atoms with Gasteiger partial charge < -0.3 is 28.4 Å². The van der Waals surface area contributed by atoms with Crippen molar-refractivity contribution in [2.75, 3.05) is 40.5 Å². The highest BCUT2D eigenvalue weighted by atomic mass is 16.6. The van der Waals surface area contributed by atoms with E-state index in [1.165, 1.54) is 0 Å². The molecule has 1 aliphatic carbocycles. The summed E-state index contributed by atoms with van der Waals surface area (Å²) in [5.74, 6) is 1.89. The molecule has 1 aromatic carbocycles. The molecule has 182 valence electrons. The number of nitrogens with zero attached hydrogens (tertiary/aromatic N) is 2. The summed E-state index contributed by atoms with van der Waals surface area (Å²) in [5.41, 5.74) is 3.72. The Bertz CT molecular complexity index is 1130.